The van der Waals surface area contributed by atoms with Gasteiger partial charge in [0.15, 0.2) is 0 Å². The molecule has 0 bridgehead atoms. The van der Waals surface area contributed by atoms with Gasteiger partial charge in [-0.1, -0.05) is 232 Å². The van der Waals surface area contributed by atoms with Gasteiger partial charge in [-0.25, -0.2) is 0 Å². The summed E-state index contributed by atoms with van der Waals surface area (Å²) in [6.45, 7) is 6.83. The summed E-state index contributed by atoms with van der Waals surface area (Å²) >= 11 is 0. The number of rotatable bonds is 12. The lowest BCUT2D eigenvalue weighted by Gasteiger charge is -2.34. The van der Waals surface area contributed by atoms with E-state index in [9.17, 15) is 10.5 Å². The van der Waals surface area contributed by atoms with Crippen LogP contribution < -0.4 is 5.32 Å². The third-order valence-electron chi connectivity index (χ3n) is 16.2. The number of hydrogen-bond acceptors (Lipinski definition) is 3. The standard InChI is InChI=1S/C75H52N6/c1-3-4-5-6-7-8-9-12-29-50(2)78-71-72(81-69-45-28-22-39-58(69)60-46-59-53-34-17-23-40-63(53)75(64(59)47-70(60)81,51-30-13-10-14-31-51)52-32-15-11-16-33-52)61(48-76)62(49-77)73(79-65-41-24-18-35-54(65)55-36-19-25-42-66(55)79)74(71)80-67-43-26-20-37-56(67)57-38-21-27-44-68(57)80/h4-47,78H,2-3H2,1H3/b5-4-,7-6-,9-8-,29-12-. The summed E-state index contributed by atoms with van der Waals surface area (Å²) in [6, 6.07) is 82.7. The first-order chi connectivity index (χ1) is 40.1. The fraction of sp³-hybridized carbons (Fsp3) is 0.0400. The summed E-state index contributed by atoms with van der Waals surface area (Å²) in [4.78, 5) is 0. The highest BCUT2D eigenvalue weighted by molar-refractivity contribution is 6.16. The lowest BCUT2D eigenvalue weighted by atomic mass is 9.67. The van der Waals surface area contributed by atoms with Crippen LogP contribution in [0.5, 0.6) is 0 Å². The SMILES string of the molecule is C=C(\C=C/C=C\C=C/C=C\CC)Nc1c(-n2c3ccccc3c3cc4c(cc32)C(c2ccccc2)(c2ccccc2)c2ccccc2-4)c(C#N)c(C#N)c(-n2c3ccccc3c3ccccc32)c1-n1c2ccccc2c2ccccc21. The van der Waals surface area contributed by atoms with Crippen LogP contribution in [0.25, 0.3) is 93.6 Å². The fourth-order valence-corrected chi connectivity index (χ4v) is 13.0. The van der Waals surface area contributed by atoms with Crippen molar-refractivity contribution in [2.45, 2.75) is 18.8 Å². The highest BCUT2D eigenvalue weighted by Gasteiger charge is 2.47. The highest BCUT2D eigenvalue weighted by atomic mass is 15.1. The van der Waals surface area contributed by atoms with Gasteiger partial charge in [-0.3, -0.25) is 0 Å². The molecule has 0 atom stereocenters. The average molecular weight is 1040 g/mol. The first-order valence-corrected chi connectivity index (χ1v) is 27.5. The predicted molar refractivity (Wildman–Crippen MR) is 336 cm³/mol. The van der Waals surface area contributed by atoms with E-state index in [-0.39, 0.29) is 11.1 Å². The number of aromatic nitrogens is 3. The quantitative estimate of drug-likeness (QED) is 0.124. The van der Waals surface area contributed by atoms with E-state index in [0.29, 0.717) is 28.4 Å². The zero-order chi connectivity index (χ0) is 54.6. The van der Waals surface area contributed by atoms with Crippen LogP contribution in [-0.4, -0.2) is 13.7 Å². The number of anilines is 1. The smallest absolute Gasteiger partial charge is 0.103 e. The minimum atomic E-state index is -0.719. The molecule has 3 heterocycles. The van der Waals surface area contributed by atoms with Crippen LogP contribution in [0.1, 0.15) is 46.7 Å². The third kappa shape index (κ3) is 7.39. The zero-order valence-electron chi connectivity index (χ0n) is 44.6. The van der Waals surface area contributed by atoms with Crippen molar-refractivity contribution in [1.29, 1.82) is 10.5 Å². The molecule has 0 fully saturated rings. The van der Waals surface area contributed by atoms with E-state index in [1.54, 1.807) is 0 Å². The van der Waals surface area contributed by atoms with Gasteiger partial charge in [0.2, 0.25) is 0 Å². The van der Waals surface area contributed by atoms with Crippen LogP contribution in [0.3, 0.4) is 0 Å². The second kappa shape index (κ2) is 19.8. The molecule has 10 aromatic carbocycles. The van der Waals surface area contributed by atoms with E-state index in [1.165, 1.54) is 11.1 Å². The first kappa shape index (κ1) is 48.5. The minimum absolute atomic E-state index is 0.215. The molecule has 81 heavy (non-hydrogen) atoms. The Morgan fingerprint density at radius 2 is 0.852 bits per heavy atom. The topological polar surface area (TPSA) is 74.4 Å². The molecule has 14 rings (SSSR count). The molecule has 13 aromatic rings. The summed E-state index contributed by atoms with van der Waals surface area (Å²) in [5, 5.41) is 34.6. The molecule has 0 saturated heterocycles. The summed E-state index contributed by atoms with van der Waals surface area (Å²) in [5.41, 5.74) is 15.0. The van der Waals surface area contributed by atoms with Crippen molar-refractivity contribution in [2.24, 2.45) is 0 Å². The number of para-hydroxylation sites is 5. The molecular weight excluding hydrogens is 985 g/mol. The predicted octanol–water partition coefficient (Wildman–Crippen LogP) is 18.6. The highest BCUT2D eigenvalue weighted by Crippen LogP contribution is 2.58. The Morgan fingerprint density at radius 3 is 1.37 bits per heavy atom. The Labute approximate surface area is 469 Å². The maximum absolute atomic E-state index is 12.3. The summed E-state index contributed by atoms with van der Waals surface area (Å²) in [5.74, 6) is 0. The Morgan fingerprint density at radius 1 is 0.432 bits per heavy atom. The number of nitriles is 2. The van der Waals surface area contributed by atoms with E-state index in [4.69, 9.17) is 6.58 Å². The average Bonchev–Trinajstić information content (AvgIpc) is 3.77. The van der Waals surface area contributed by atoms with E-state index in [1.807, 2.05) is 54.7 Å². The Balaban J connectivity index is 1.18. The Bertz CT molecular complexity index is 4780. The van der Waals surface area contributed by atoms with Crippen LogP contribution in [0.2, 0.25) is 0 Å². The fourth-order valence-electron chi connectivity index (χ4n) is 13.0. The van der Waals surface area contributed by atoms with Crippen molar-refractivity contribution in [3.8, 4) is 40.3 Å². The number of nitrogens with zero attached hydrogens (tertiary/aromatic N) is 5. The van der Waals surface area contributed by atoms with Crippen molar-refractivity contribution >= 4 is 71.1 Å². The van der Waals surface area contributed by atoms with Crippen LogP contribution in [-0.2, 0) is 5.41 Å². The second-order valence-electron chi connectivity index (χ2n) is 20.5. The van der Waals surface area contributed by atoms with Gasteiger partial charge in [0, 0.05) is 38.0 Å². The normalized spacial score (nSPS) is 13.0. The van der Waals surface area contributed by atoms with Gasteiger partial charge in [-0.05, 0) is 88.3 Å². The maximum atomic E-state index is 12.3. The zero-order valence-corrected chi connectivity index (χ0v) is 44.6. The number of allylic oxidation sites excluding steroid dienone is 8. The molecule has 0 unspecified atom stereocenters. The molecule has 6 nitrogen and oxygen atoms in total. The molecule has 6 heteroatoms. The van der Waals surface area contributed by atoms with Gasteiger partial charge in [0.1, 0.15) is 12.1 Å². The molecule has 0 radical (unpaired) electrons. The second-order valence-corrected chi connectivity index (χ2v) is 20.5. The van der Waals surface area contributed by atoms with Crippen molar-refractivity contribution in [1.82, 2.24) is 13.7 Å². The Kier molecular flexibility index (Phi) is 11.9. The molecule has 1 N–H and O–H groups in total. The lowest BCUT2D eigenvalue weighted by molar-refractivity contribution is 0.769. The molecule has 0 spiro atoms. The van der Waals surface area contributed by atoms with Gasteiger partial charge in [-0.15, -0.1) is 0 Å². The van der Waals surface area contributed by atoms with Gasteiger partial charge in [0.25, 0.3) is 0 Å². The molecule has 0 aliphatic heterocycles. The lowest BCUT2D eigenvalue weighted by Crippen LogP contribution is -2.28. The van der Waals surface area contributed by atoms with Crippen LogP contribution in [0.4, 0.5) is 5.69 Å². The van der Waals surface area contributed by atoms with Gasteiger partial charge < -0.3 is 19.0 Å². The molecule has 3 aromatic heterocycles. The summed E-state index contributed by atoms with van der Waals surface area (Å²) < 4.78 is 6.73. The molecule has 1 aliphatic rings. The monoisotopic (exact) mass is 1040 g/mol. The van der Waals surface area contributed by atoms with Crippen LogP contribution in [0, 0.1) is 22.7 Å². The number of hydrogen-bond donors (Lipinski definition) is 1. The van der Waals surface area contributed by atoms with Crippen molar-refractivity contribution in [3.63, 3.8) is 0 Å². The molecule has 382 valence electrons. The van der Waals surface area contributed by atoms with E-state index >= 15 is 0 Å². The molecule has 1 aliphatic carbocycles. The van der Waals surface area contributed by atoms with Crippen molar-refractivity contribution in [2.75, 3.05) is 5.32 Å². The van der Waals surface area contributed by atoms with Crippen LogP contribution in [0.15, 0.2) is 279 Å². The summed E-state index contributed by atoms with van der Waals surface area (Å²) in [6.07, 6.45) is 17.1. The van der Waals surface area contributed by atoms with Crippen molar-refractivity contribution in [3.05, 3.63) is 313 Å². The van der Waals surface area contributed by atoms with E-state index in [2.05, 4.69) is 250 Å². The van der Waals surface area contributed by atoms with Gasteiger partial charge >= 0.3 is 0 Å². The third-order valence-corrected chi connectivity index (χ3v) is 16.2. The van der Waals surface area contributed by atoms with Crippen LogP contribution >= 0.6 is 0 Å². The minimum Gasteiger partial charge on any atom is -0.352 e. The number of benzene rings is 10. The first-order valence-electron chi connectivity index (χ1n) is 27.5. The van der Waals surface area contributed by atoms with E-state index < -0.39 is 5.41 Å². The molecule has 0 saturated carbocycles. The van der Waals surface area contributed by atoms with Gasteiger partial charge in [0.05, 0.1) is 72.4 Å². The number of fused-ring (bicyclic) bond motifs is 12. The maximum Gasteiger partial charge on any atom is 0.103 e. The molecule has 0 amide bonds. The van der Waals surface area contributed by atoms with Gasteiger partial charge in [-0.2, -0.15) is 10.5 Å². The van der Waals surface area contributed by atoms with Crippen molar-refractivity contribution < 1.29 is 0 Å². The summed E-state index contributed by atoms with van der Waals surface area (Å²) in [7, 11) is 0. The Hall–Kier alpha value is -10.9. The molecular formula is C75H52N6. The van der Waals surface area contributed by atoms with E-state index in [0.717, 1.165) is 94.1 Å². The number of nitrogens with one attached hydrogen (secondary N) is 1. The largest absolute Gasteiger partial charge is 0.352 e.